The molecule has 1 rings (SSSR count). The first-order chi connectivity index (χ1) is 12.2. The van der Waals surface area contributed by atoms with Crippen LogP contribution in [0.2, 0.25) is 0 Å². The number of nitrogens with one attached hydrogen (secondary N) is 1. The number of hydrogen-bond donors (Lipinski definition) is 3. The van der Waals surface area contributed by atoms with E-state index in [-0.39, 0.29) is 5.75 Å². The molecule has 0 spiro atoms. The molecule has 1 atom stereocenters. The fraction of sp³-hybridized carbons (Fsp3) is 0.714. The van der Waals surface area contributed by atoms with Gasteiger partial charge in [0.1, 0.15) is 5.75 Å². The summed E-state index contributed by atoms with van der Waals surface area (Å²) in [4.78, 5) is 0. The molecule has 0 saturated heterocycles. The van der Waals surface area contributed by atoms with Gasteiger partial charge in [-0.15, -0.1) is 0 Å². The Balaban J connectivity index is 1.85. The van der Waals surface area contributed by atoms with Crippen LogP contribution in [0.4, 0.5) is 5.69 Å². The Labute approximate surface area is 153 Å². The fourth-order valence-corrected chi connectivity index (χ4v) is 2.78. The van der Waals surface area contributed by atoms with Gasteiger partial charge in [0.15, 0.2) is 0 Å². The lowest BCUT2D eigenvalue weighted by Crippen LogP contribution is -2.25. The zero-order valence-electron chi connectivity index (χ0n) is 15.9. The monoisotopic (exact) mass is 351 g/mol. The highest BCUT2D eigenvalue weighted by molar-refractivity contribution is 5.45. The molecule has 0 aliphatic carbocycles. The number of phenols is 1. The third kappa shape index (κ3) is 12.7. The van der Waals surface area contributed by atoms with E-state index in [0.29, 0.717) is 13.2 Å². The van der Waals surface area contributed by atoms with E-state index >= 15 is 0 Å². The molecule has 4 heteroatoms. The van der Waals surface area contributed by atoms with E-state index in [0.717, 1.165) is 18.7 Å². The molecular formula is C21H37NO3. The van der Waals surface area contributed by atoms with E-state index in [1.807, 2.05) is 0 Å². The van der Waals surface area contributed by atoms with Crippen molar-refractivity contribution in [3.8, 4) is 5.75 Å². The number of phenolic OH excluding ortho intramolecular Hbond substituents is 1. The number of hydrogen-bond acceptors (Lipinski definition) is 4. The molecule has 1 unspecified atom stereocenters. The standard InChI is InChI=1S/C21H37NO3/c1-2-3-4-5-6-7-8-9-10-11-16-25-18-21(24)17-22-19-12-14-20(23)15-13-19/h12-15,21-24H,2-11,16-18H2,1H3. The minimum absolute atomic E-state index is 0.242. The SMILES string of the molecule is CCCCCCCCCCCCOCC(O)CNc1ccc(O)cc1. The van der Waals surface area contributed by atoms with Crippen molar-refractivity contribution in [3.05, 3.63) is 24.3 Å². The van der Waals surface area contributed by atoms with Crippen molar-refractivity contribution in [2.45, 2.75) is 77.2 Å². The molecule has 0 aliphatic rings. The Kier molecular flexibility index (Phi) is 13.1. The lowest BCUT2D eigenvalue weighted by atomic mass is 10.1. The third-order valence-corrected chi connectivity index (χ3v) is 4.36. The average Bonchev–Trinajstić information content (AvgIpc) is 2.62. The molecule has 0 radical (unpaired) electrons. The molecule has 1 aromatic carbocycles. The highest BCUT2D eigenvalue weighted by atomic mass is 16.5. The average molecular weight is 352 g/mol. The highest BCUT2D eigenvalue weighted by Crippen LogP contribution is 2.13. The summed E-state index contributed by atoms with van der Waals surface area (Å²) in [7, 11) is 0. The second-order valence-electron chi connectivity index (χ2n) is 6.84. The molecule has 0 amide bonds. The van der Waals surface area contributed by atoms with Crippen LogP contribution in [-0.4, -0.2) is 36.1 Å². The molecule has 0 bridgehead atoms. The van der Waals surface area contributed by atoms with Crippen molar-refractivity contribution in [2.75, 3.05) is 25.1 Å². The molecule has 25 heavy (non-hydrogen) atoms. The lowest BCUT2D eigenvalue weighted by molar-refractivity contribution is 0.0416. The summed E-state index contributed by atoms with van der Waals surface area (Å²) in [6, 6.07) is 6.81. The van der Waals surface area contributed by atoms with Gasteiger partial charge < -0.3 is 20.3 Å². The molecule has 0 saturated carbocycles. The molecule has 0 aromatic heterocycles. The molecule has 4 nitrogen and oxygen atoms in total. The maximum Gasteiger partial charge on any atom is 0.115 e. The number of unbranched alkanes of at least 4 members (excludes halogenated alkanes) is 9. The maximum absolute atomic E-state index is 9.89. The Morgan fingerprint density at radius 3 is 2.04 bits per heavy atom. The second kappa shape index (κ2) is 15.0. The molecule has 144 valence electrons. The predicted molar refractivity (Wildman–Crippen MR) is 105 cm³/mol. The Morgan fingerprint density at radius 1 is 0.880 bits per heavy atom. The van der Waals surface area contributed by atoms with E-state index in [4.69, 9.17) is 4.74 Å². The predicted octanol–water partition coefficient (Wildman–Crippen LogP) is 5.10. The fourth-order valence-electron chi connectivity index (χ4n) is 2.78. The van der Waals surface area contributed by atoms with E-state index in [1.54, 1.807) is 24.3 Å². The minimum atomic E-state index is -0.517. The smallest absolute Gasteiger partial charge is 0.115 e. The van der Waals surface area contributed by atoms with E-state index in [2.05, 4.69) is 12.2 Å². The largest absolute Gasteiger partial charge is 0.508 e. The van der Waals surface area contributed by atoms with Gasteiger partial charge in [-0.2, -0.15) is 0 Å². The summed E-state index contributed by atoms with van der Waals surface area (Å²) in [6.45, 7) is 3.80. The molecule has 0 heterocycles. The number of benzene rings is 1. The molecule has 0 aliphatic heterocycles. The van der Waals surface area contributed by atoms with Gasteiger partial charge in [-0.3, -0.25) is 0 Å². The van der Waals surface area contributed by atoms with Crippen LogP contribution in [-0.2, 0) is 4.74 Å². The second-order valence-corrected chi connectivity index (χ2v) is 6.84. The molecule has 3 N–H and O–H groups in total. The summed E-state index contributed by atoms with van der Waals surface area (Å²) in [5.74, 6) is 0.242. The van der Waals surface area contributed by atoms with Gasteiger partial charge in [-0.1, -0.05) is 64.7 Å². The van der Waals surface area contributed by atoms with E-state index < -0.39 is 6.10 Å². The molecule has 0 fully saturated rings. The van der Waals surface area contributed by atoms with Crippen LogP contribution in [0.5, 0.6) is 5.75 Å². The van der Waals surface area contributed by atoms with Crippen LogP contribution >= 0.6 is 0 Å². The Morgan fingerprint density at radius 2 is 1.44 bits per heavy atom. The Bertz CT molecular complexity index is 408. The first-order valence-electron chi connectivity index (χ1n) is 10.0. The summed E-state index contributed by atoms with van der Waals surface area (Å²) >= 11 is 0. The van der Waals surface area contributed by atoms with Crippen molar-refractivity contribution < 1.29 is 14.9 Å². The van der Waals surface area contributed by atoms with Crippen LogP contribution in [0.3, 0.4) is 0 Å². The van der Waals surface area contributed by atoms with Crippen LogP contribution < -0.4 is 5.32 Å². The van der Waals surface area contributed by atoms with Crippen molar-refractivity contribution in [2.24, 2.45) is 0 Å². The van der Waals surface area contributed by atoms with Crippen LogP contribution in [0.15, 0.2) is 24.3 Å². The van der Waals surface area contributed by atoms with Crippen LogP contribution in [0, 0.1) is 0 Å². The van der Waals surface area contributed by atoms with Crippen molar-refractivity contribution in [1.82, 2.24) is 0 Å². The number of aliphatic hydroxyl groups is 1. The third-order valence-electron chi connectivity index (χ3n) is 4.36. The van der Waals surface area contributed by atoms with Gasteiger partial charge >= 0.3 is 0 Å². The topological polar surface area (TPSA) is 61.7 Å². The zero-order valence-corrected chi connectivity index (χ0v) is 15.9. The number of aliphatic hydroxyl groups excluding tert-OH is 1. The quantitative estimate of drug-likeness (QED) is 0.286. The summed E-state index contributed by atoms with van der Waals surface area (Å²) < 4.78 is 5.54. The van der Waals surface area contributed by atoms with Crippen molar-refractivity contribution in [1.29, 1.82) is 0 Å². The van der Waals surface area contributed by atoms with E-state index in [1.165, 1.54) is 57.8 Å². The highest BCUT2D eigenvalue weighted by Gasteiger charge is 2.04. The van der Waals surface area contributed by atoms with Gasteiger partial charge in [0.2, 0.25) is 0 Å². The molecular weight excluding hydrogens is 314 g/mol. The Hall–Kier alpha value is -1.26. The first-order valence-corrected chi connectivity index (χ1v) is 10.0. The number of aromatic hydroxyl groups is 1. The lowest BCUT2D eigenvalue weighted by Gasteiger charge is -2.13. The summed E-state index contributed by atoms with van der Waals surface area (Å²) in [5, 5.41) is 22.2. The van der Waals surface area contributed by atoms with Crippen molar-refractivity contribution in [3.63, 3.8) is 0 Å². The zero-order chi connectivity index (χ0) is 18.2. The first kappa shape index (κ1) is 21.8. The van der Waals surface area contributed by atoms with Crippen LogP contribution in [0.1, 0.15) is 71.1 Å². The molecule has 1 aromatic rings. The van der Waals surface area contributed by atoms with Gasteiger partial charge in [0, 0.05) is 18.8 Å². The van der Waals surface area contributed by atoms with Gasteiger partial charge in [0.05, 0.1) is 12.7 Å². The van der Waals surface area contributed by atoms with Gasteiger partial charge in [-0.05, 0) is 30.7 Å². The number of anilines is 1. The maximum atomic E-state index is 9.89. The summed E-state index contributed by atoms with van der Waals surface area (Å²) in [6.07, 6.45) is 12.7. The van der Waals surface area contributed by atoms with E-state index in [9.17, 15) is 10.2 Å². The number of rotatable bonds is 16. The number of ether oxygens (including phenoxy) is 1. The summed E-state index contributed by atoms with van der Waals surface area (Å²) in [5.41, 5.74) is 0.881. The normalized spacial score (nSPS) is 12.2. The van der Waals surface area contributed by atoms with Gasteiger partial charge in [0.25, 0.3) is 0 Å². The van der Waals surface area contributed by atoms with Crippen molar-refractivity contribution >= 4 is 5.69 Å². The van der Waals surface area contributed by atoms with Crippen LogP contribution in [0.25, 0.3) is 0 Å². The minimum Gasteiger partial charge on any atom is -0.508 e. The van der Waals surface area contributed by atoms with Gasteiger partial charge in [-0.25, -0.2) is 0 Å².